The lowest BCUT2D eigenvalue weighted by Crippen LogP contribution is -2.56. The normalized spacial score (nSPS) is 22.5. The quantitative estimate of drug-likeness (QED) is 0.735. The molecule has 0 radical (unpaired) electrons. The average molecular weight is 334 g/mol. The predicted molar refractivity (Wildman–Crippen MR) is 95.2 cm³/mol. The zero-order chi connectivity index (χ0) is 16.7. The molecule has 2 aliphatic rings. The summed E-state index contributed by atoms with van der Waals surface area (Å²) in [5.41, 5.74) is 3.90. The third-order valence-corrected chi connectivity index (χ3v) is 5.46. The number of fused-ring (bicyclic) bond motifs is 1. The molecular weight excluding hydrogens is 312 g/mol. The molecule has 4 heterocycles. The molecule has 0 amide bonds. The first-order chi connectivity index (χ1) is 12.3. The van der Waals surface area contributed by atoms with Gasteiger partial charge in [0.1, 0.15) is 0 Å². The second-order valence-electron chi connectivity index (χ2n) is 7.53. The van der Waals surface area contributed by atoms with E-state index in [0.717, 1.165) is 38.3 Å². The first kappa shape index (κ1) is 15.0. The highest BCUT2D eigenvalue weighted by Gasteiger charge is 2.48. The summed E-state index contributed by atoms with van der Waals surface area (Å²) in [6, 6.07) is 12.6. The van der Waals surface area contributed by atoms with Gasteiger partial charge in [-0.1, -0.05) is 30.3 Å². The number of ether oxygens (including phenoxy) is 1. The van der Waals surface area contributed by atoms with Crippen molar-refractivity contribution in [2.24, 2.45) is 5.41 Å². The van der Waals surface area contributed by atoms with Gasteiger partial charge in [-0.15, -0.1) is 0 Å². The Morgan fingerprint density at radius 2 is 2.04 bits per heavy atom. The number of nitrogens with zero attached hydrogens (tertiary/aromatic N) is 4. The zero-order valence-electron chi connectivity index (χ0n) is 14.2. The second kappa shape index (κ2) is 5.93. The topological polar surface area (TPSA) is 42.7 Å². The maximum Gasteiger partial charge on any atom is 0.159 e. The van der Waals surface area contributed by atoms with Crippen molar-refractivity contribution in [2.75, 3.05) is 19.7 Å². The van der Waals surface area contributed by atoms with Gasteiger partial charge >= 0.3 is 0 Å². The fourth-order valence-corrected chi connectivity index (χ4v) is 4.37. The van der Waals surface area contributed by atoms with Gasteiger partial charge in [0.25, 0.3) is 0 Å². The van der Waals surface area contributed by atoms with Crippen LogP contribution in [0.1, 0.15) is 17.5 Å². The van der Waals surface area contributed by atoms with Crippen molar-refractivity contribution < 1.29 is 4.74 Å². The zero-order valence-corrected chi connectivity index (χ0v) is 14.2. The molecule has 2 aliphatic heterocycles. The van der Waals surface area contributed by atoms with E-state index in [1.807, 2.05) is 29.2 Å². The lowest BCUT2D eigenvalue weighted by atomic mass is 9.77. The highest BCUT2D eigenvalue weighted by Crippen LogP contribution is 2.42. The lowest BCUT2D eigenvalue weighted by Gasteiger charge is -2.47. The van der Waals surface area contributed by atoms with E-state index in [0.29, 0.717) is 11.5 Å². The Balaban J connectivity index is 1.19. The van der Waals surface area contributed by atoms with Crippen molar-refractivity contribution in [1.82, 2.24) is 19.5 Å². The van der Waals surface area contributed by atoms with Gasteiger partial charge in [-0.05, 0) is 24.5 Å². The predicted octanol–water partition coefficient (Wildman–Crippen LogP) is 2.56. The third-order valence-electron chi connectivity index (χ3n) is 5.46. The van der Waals surface area contributed by atoms with E-state index in [9.17, 15) is 0 Å². The monoisotopic (exact) mass is 334 g/mol. The Kier molecular flexibility index (Phi) is 3.57. The fourth-order valence-electron chi connectivity index (χ4n) is 4.37. The first-order valence-electron chi connectivity index (χ1n) is 8.95. The van der Waals surface area contributed by atoms with Crippen molar-refractivity contribution in [3.05, 3.63) is 66.1 Å². The van der Waals surface area contributed by atoms with Crippen LogP contribution >= 0.6 is 0 Å². The molecule has 5 heteroatoms. The van der Waals surface area contributed by atoms with Gasteiger partial charge in [-0.3, -0.25) is 4.90 Å². The number of hydrogen-bond donors (Lipinski definition) is 0. The summed E-state index contributed by atoms with van der Waals surface area (Å²) < 4.78 is 7.96. The Morgan fingerprint density at radius 1 is 1.16 bits per heavy atom. The molecule has 2 aromatic heterocycles. The van der Waals surface area contributed by atoms with Crippen LogP contribution in [-0.4, -0.2) is 45.3 Å². The molecule has 1 aromatic carbocycles. The molecule has 0 unspecified atom stereocenters. The van der Waals surface area contributed by atoms with Gasteiger partial charge in [0, 0.05) is 43.0 Å². The standard InChI is InChI=1S/C20H22N4O/c1-2-5-16(6-3-1)9-18-10-20(15-25-18)13-23(14-20)12-17-11-22-24-8-4-7-21-19(17)24/h1-8,11,18H,9-10,12-15H2/t18-/m0/s1. The number of likely N-dealkylation sites (tertiary alicyclic amines) is 1. The van der Waals surface area contributed by atoms with Crippen LogP contribution in [0.3, 0.4) is 0 Å². The van der Waals surface area contributed by atoms with Gasteiger partial charge in [0.05, 0.1) is 18.9 Å². The summed E-state index contributed by atoms with van der Waals surface area (Å²) in [4.78, 5) is 6.94. The van der Waals surface area contributed by atoms with Crippen LogP contribution in [0.15, 0.2) is 55.0 Å². The number of aromatic nitrogens is 3. The van der Waals surface area contributed by atoms with E-state index in [4.69, 9.17) is 4.74 Å². The van der Waals surface area contributed by atoms with Crippen molar-refractivity contribution in [1.29, 1.82) is 0 Å². The molecule has 1 spiro atoms. The summed E-state index contributed by atoms with van der Waals surface area (Å²) in [5, 5.41) is 4.38. The average Bonchev–Trinajstić information content (AvgIpc) is 3.21. The van der Waals surface area contributed by atoms with Crippen LogP contribution in [0.25, 0.3) is 5.65 Å². The van der Waals surface area contributed by atoms with Gasteiger partial charge in [0.15, 0.2) is 5.65 Å². The molecule has 5 rings (SSSR count). The maximum absolute atomic E-state index is 6.11. The minimum absolute atomic E-state index is 0.357. The first-order valence-corrected chi connectivity index (χ1v) is 8.95. The maximum atomic E-state index is 6.11. The summed E-state index contributed by atoms with van der Waals surface area (Å²) in [6.07, 6.45) is 8.28. The Bertz CT molecular complexity index is 870. The molecule has 1 atom stereocenters. The Labute approximate surface area is 147 Å². The minimum Gasteiger partial charge on any atom is -0.377 e. The van der Waals surface area contributed by atoms with E-state index in [1.54, 1.807) is 0 Å². The largest absolute Gasteiger partial charge is 0.377 e. The van der Waals surface area contributed by atoms with Crippen molar-refractivity contribution in [3.63, 3.8) is 0 Å². The number of benzene rings is 1. The fraction of sp³-hybridized carbons (Fsp3) is 0.400. The van der Waals surface area contributed by atoms with Gasteiger partial charge in [0.2, 0.25) is 0 Å². The van der Waals surface area contributed by atoms with E-state index >= 15 is 0 Å². The van der Waals surface area contributed by atoms with Crippen LogP contribution in [-0.2, 0) is 17.7 Å². The SMILES string of the molecule is c1ccc(C[C@H]2CC3(CO2)CN(Cc2cnn4cccnc24)C3)cc1. The molecule has 2 saturated heterocycles. The van der Waals surface area contributed by atoms with E-state index < -0.39 is 0 Å². The summed E-state index contributed by atoms with van der Waals surface area (Å²) >= 11 is 0. The van der Waals surface area contributed by atoms with Gasteiger partial charge in [-0.2, -0.15) is 5.10 Å². The molecule has 25 heavy (non-hydrogen) atoms. The van der Waals surface area contributed by atoms with Crippen molar-refractivity contribution in [3.8, 4) is 0 Å². The van der Waals surface area contributed by atoms with Crippen LogP contribution in [0, 0.1) is 5.41 Å². The molecule has 0 aliphatic carbocycles. The molecular formula is C20H22N4O. The molecule has 5 nitrogen and oxygen atoms in total. The lowest BCUT2D eigenvalue weighted by molar-refractivity contribution is -0.0138. The molecule has 0 saturated carbocycles. The molecule has 3 aromatic rings. The van der Waals surface area contributed by atoms with Gasteiger partial charge < -0.3 is 4.74 Å². The third kappa shape index (κ3) is 2.83. The van der Waals surface area contributed by atoms with Crippen molar-refractivity contribution >= 4 is 5.65 Å². The van der Waals surface area contributed by atoms with E-state index in [2.05, 4.69) is 45.3 Å². The number of rotatable bonds is 4. The van der Waals surface area contributed by atoms with Crippen LogP contribution in [0.2, 0.25) is 0 Å². The van der Waals surface area contributed by atoms with Crippen LogP contribution in [0.5, 0.6) is 0 Å². The second-order valence-corrected chi connectivity index (χ2v) is 7.53. The molecule has 2 fully saturated rings. The van der Waals surface area contributed by atoms with E-state index in [1.165, 1.54) is 17.5 Å². The van der Waals surface area contributed by atoms with Crippen LogP contribution < -0.4 is 0 Å². The van der Waals surface area contributed by atoms with E-state index in [-0.39, 0.29) is 0 Å². The molecule has 128 valence electrons. The van der Waals surface area contributed by atoms with Crippen LogP contribution in [0.4, 0.5) is 0 Å². The van der Waals surface area contributed by atoms with Gasteiger partial charge in [-0.25, -0.2) is 9.50 Å². The number of hydrogen-bond acceptors (Lipinski definition) is 4. The minimum atomic E-state index is 0.357. The highest BCUT2D eigenvalue weighted by atomic mass is 16.5. The smallest absolute Gasteiger partial charge is 0.159 e. The summed E-state index contributed by atoms with van der Waals surface area (Å²) in [6.45, 7) is 4.05. The Hall–Kier alpha value is -2.24. The molecule has 0 N–H and O–H groups in total. The Morgan fingerprint density at radius 3 is 2.92 bits per heavy atom. The molecule has 0 bridgehead atoms. The van der Waals surface area contributed by atoms with Crippen molar-refractivity contribution in [2.45, 2.75) is 25.5 Å². The summed E-state index contributed by atoms with van der Waals surface area (Å²) in [7, 11) is 0. The highest BCUT2D eigenvalue weighted by molar-refractivity contribution is 5.45. The summed E-state index contributed by atoms with van der Waals surface area (Å²) in [5.74, 6) is 0.